The van der Waals surface area contributed by atoms with Crippen molar-refractivity contribution in [1.82, 2.24) is 4.98 Å². The lowest BCUT2D eigenvalue weighted by atomic mass is 9.96. The predicted molar refractivity (Wildman–Crippen MR) is 53.3 cm³/mol. The van der Waals surface area contributed by atoms with Crippen molar-refractivity contribution in [2.45, 2.75) is 25.7 Å². The minimum atomic E-state index is 0.517. The molecule has 1 aromatic heterocycles. The van der Waals surface area contributed by atoms with Gasteiger partial charge in [0.15, 0.2) is 0 Å². The van der Waals surface area contributed by atoms with E-state index in [1.807, 2.05) is 12.3 Å². The van der Waals surface area contributed by atoms with Crippen LogP contribution >= 0.6 is 0 Å². The normalized spacial score (nSPS) is 18.5. The number of aromatic nitrogens is 1. The van der Waals surface area contributed by atoms with Gasteiger partial charge in [0.25, 0.3) is 0 Å². The zero-order valence-corrected chi connectivity index (χ0v) is 7.87. The maximum absolute atomic E-state index is 5.59. The van der Waals surface area contributed by atoms with Crippen LogP contribution in [0.15, 0.2) is 24.4 Å². The summed E-state index contributed by atoms with van der Waals surface area (Å²) in [4.78, 5) is 4.35. The molecule has 0 radical (unpaired) electrons. The molecule has 70 valence electrons. The summed E-state index contributed by atoms with van der Waals surface area (Å²) in [5.74, 6) is 0. The minimum absolute atomic E-state index is 0.517. The molecule has 1 fully saturated rings. The number of hydrogen-bond acceptors (Lipinski definition) is 2. The Hall–Kier alpha value is -0.890. The lowest BCUT2D eigenvalue weighted by Crippen LogP contribution is -2.12. The van der Waals surface area contributed by atoms with Crippen LogP contribution in [0.25, 0.3) is 0 Å². The zero-order chi connectivity index (χ0) is 9.15. The number of rotatable bonds is 4. The Balaban J connectivity index is 1.98. The van der Waals surface area contributed by atoms with Crippen LogP contribution in [0, 0.1) is 5.41 Å². The SMILES string of the molecule is NCCC1(Cc2ccccn2)CC1. The second-order valence-corrected chi connectivity index (χ2v) is 4.04. The van der Waals surface area contributed by atoms with E-state index in [0.717, 1.165) is 19.4 Å². The average Bonchev–Trinajstić information content (AvgIpc) is 2.87. The molecule has 13 heavy (non-hydrogen) atoms. The fourth-order valence-electron chi connectivity index (χ4n) is 1.89. The van der Waals surface area contributed by atoms with Gasteiger partial charge in [-0.1, -0.05) is 6.07 Å². The first-order valence-corrected chi connectivity index (χ1v) is 4.95. The predicted octanol–water partition coefficient (Wildman–Crippen LogP) is 1.75. The first-order chi connectivity index (χ1) is 6.35. The van der Waals surface area contributed by atoms with Crippen molar-refractivity contribution in [1.29, 1.82) is 0 Å². The first-order valence-electron chi connectivity index (χ1n) is 4.95. The van der Waals surface area contributed by atoms with Crippen molar-refractivity contribution in [2.75, 3.05) is 6.54 Å². The van der Waals surface area contributed by atoms with Gasteiger partial charge in [-0.2, -0.15) is 0 Å². The Labute approximate surface area is 79.2 Å². The van der Waals surface area contributed by atoms with Crippen molar-refractivity contribution in [2.24, 2.45) is 11.1 Å². The third kappa shape index (κ3) is 2.07. The molecule has 2 rings (SSSR count). The largest absolute Gasteiger partial charge is 0.330 e. The molecule has 0 aliphatic heterocycles. The molecular formula is C11H16N2. The summed E-state index contributed by atoms with van der Waals surface area (Å²) in [6.07, 6.45) is 6.81. The number of hydrogen-bond donors (Lipinski definition) is 1. The van der Waals surface area contributed by atoms with Crippen LogP contribution in [0.4, 0.5) is 0 Å². The van der Waals surface area contributed by atoms with Gasteiger partial charge >= 0.3 is 0 Å². The molecule has 0 spiro atoms. The van der Waals surface area contributed by atoms with E-state index in [9.17, 15) is 0 Å². The maximum Gasteiger partial charge on any atom is 0.0409 e. The molecule has 0 atom stereocenters. The summed E-state index contributed by atoms with van der Waals surface area (Å²) in [6, 6.07) is 6.13. The van der Waals surface area contributed by atoms with Gasteiger partial charge in [0, 0.05) is 11.9 Å². The van der Waals surface area contributed by atoms with Gasteiger partial charge in [0.1, 0.15) is 0 Å². The lowest BCUT2D eigenvalue weighted by Gasteiger charge is -2.12. The molecule has 1 heterocycles. The van der Waals surface area contributed by atoms with Gasteiger partial charge in [-0.25, -0.2) is 0 Å². The van der Waals surface area contributed by atoms with Crippen molar-refractivity contribution >= 4 is 0 Å². The molecule has 0 saturated heterocycles. The average molecular weight is 176 g/mol. The number of nitrogens with two attached hydrogens (primary N) is 1. The molecule has 0 unspecified atom stereocenters. The highest BCUT2D eigenvalue weighted by Crippen LogP contribution is 2.50. The van der Waals surface area contributed by atoms with Crippen molar-refractivity contribution < 1.29 is 0 Å². The van der Waals surface area contributed by atoms with Crippen LogP contribution in [0.1, 0.15) is 25.0 Å². The van der Waals surface area contributed by atoms with Crippen LogP contribution in [0.2, 0.25) is 0 Å². The van der Waals surface area contributed by atoms with Gasteiger partial charge < -0.3 is 5.73 Å². The van der Waals surface area contributed by atoms with Crippen LogP contribution in [-0.4, -0.2) is 11.5 Å². The van der Waals surface area contributed by atoms with E-state index in [4.69, 9.17) is 5.73 Å². The van der Waals surface area contributed by atoms with E-state index >= 15 is 0 Å². The highest BCUT2D eigenvalue weighted by Gasteiger charge is 2.41. The van der Waals surface area contributed by atoms with Gasteiger partial charge in [0.2, 0.25) is 0 Å². The Morgan fingerprint density at radius 2 is 2.23 bits per heavy atom. The monoisotopic (exact) mass is 176 g/mol. The van der Waals surface area contributed by atoms with E-state index < -0.39 is 0 Å². The fraction of sp³-hybridized carbons (Fsp3) is 0.545. The third-order valence-corrected chi connectivity index (χ3v) is 2.91. The van der Waals surface area contributed by atoms with Gasteiger partial charge in [-0.05, 0) is 49.8 Å². The highest BCUT2D eigenvalue weighted by molar-refractivity contribution is 5.10. The van der Waals surface area contributed by atoms with Crippen LogP contribution < -0.4 is 5.73 Å². The molecule has 1 aromatic rings. The van der Waals surface area contributed by atoms with Gasteiger partial charge in [-0.3, -0.25) is 4.98 Å². The van der Waals surface area contributed by atoms with Crippen molar-refractivity contribution in [3.05, 3.63) is 30.1 Å². The third-order valence-electron chi connectivity index (χ3n) is 2.91. The van der Waals surface area contributed by atoms with Crippen molar-refractivity contribution in [3.63, 3.8) is 0 Å². The summed E-state index contributed by atoms with van der Waals surface area (Å²) >= 11 is 0. The fourth-order valence-corrected chi connectivity index (χ4v) is 1.89. The molecule has 2 N–H and O–H groups in total. The number of nitrogens with zero attached hydrogens (tertiary/aromatic N) is 1. The zero-order valence-electron chi connectivity index (χ0n) is 7.87. The molecule has 1 aliphatic carbocycles. The lowest BCUT2D eigenvalue weighted by molar-refractivity contribution is 0.465. The van der Waals surface area contributed by atoms with E-state index in [1.54, 1.807) is 0 Å². The minimum Gasteiger partial charge on any atom is -0.330 e. The van der Waals surface area contributed by atoms with Crippen LogP contribution in [0.5, 0.6) is 0 Å². The van der Waals surface area contributed by atoms with Crippen LogP contribution in [-0.2, 0) is 6.42 Å². The van der Waals surface area contributed by atoms with E-state index in [2.05, 4.69) is 17.1 Å². The van der Waals surface area contributed by atoms with Gasteiger partial charge in [0.05, 0.1) is 0 Å². The smallest absolute Gasteiger partial charge is 0.0409 e. The second kappa shape index (κ2) is 3.46. The quantitative estimate of drug-likeness (QED) is 0.759. The summed E-state index contributed by atoms with van der Waals surface area (Å²) in [5, 5.41) is 0. The highest BCUT2D eigenvalue weighted by atomic mass is 14.7. The Bertz CT molecular complexity index is 265. The topological polar surface area (TPSA) is 38.9 Å². The summed E-state index contributed by atoms with van der Waals surface area (Å²) in [5.41, 5.74) is 7.32. The second-order valence-electron chi connectivity index (χ2n) is 4.04. The molecule has 0 aromatic carbocycles. The molecule has 1 aliphatic rings. The standard InChI is InChI=1S/C11H16N2/c12-7-6-11(4-5-11)9-10-3-1-2-8-13-10/h1-3,8H,4-7,9,12H2. The molecule has 1 saturated carbocycles. The van der Waals surface area contributed by atoms with E-state index in [-0.39, 0.29) is 0 Å². The Morgan fingerprint density at radius 3 is 2.77 bits per heavy atom. The number of pyridine rings is 1. The molecule has 2 nitrogen and oxygen atoms in total. The van der Waals surface area contributed by atoms with E-state index in [0.29, 0.717) is 5.41 Å². The molecule has 2 heteroatoms. The van der Waals surface area contributed by atoms with Crippen LogP contribution in [0.3, 0.4) is 0 Å². The summed E-state index contributed by atoms with van der Waals surface area (Å²) in [7, 11) is 0. The van der Waals surface area contributed by atoms with E-state index in [1.165, 1.54) is 18.5 Å². The van der Waals surface area contributed by atoms with Crippen molar-refractivity contribution in [3.8, 4) is 0 Å². The summed E-state index contributed by atoms with van der Waals surface area (Å²) in [6.45, 7) is 0.812. The van der Waals surface area contributed by atoms with Gasteiger partial charge in [-0.15, -0.1) is 0 Å². The summed E-state index contributed by atoms with van der Waals surface area (Å²) < 4.78 is 0. The molecular weight excluding hydrogens is 160 g/mol. The molecule has 0 amide bonds. The maximum atomic E-state index is 5.59. The Kier molecular flexibility index (Phi) is 2.32. The molecule has 0 bridgehead atoms. The first kappa shape index (κ1) is 8.70. The Morgan fingerprint density at radius 1 is 1.38 bits per heavy atom.